The fourth-order valence-electron chi connectivity index (χ4n) is 5.34. The Kier molecular flexibility index (Phi) is 8.05. The number of aromatic nitrogens is 1. The molecule has 5 rings (SSSR count). The Labute approximate surface area is 242 Å². The first-order valence-electron chi connectivity index (χ1n) is 13.7. The van der Waals surface area contributed by atoms with Crippen LogP contribution >= 0.6 is 0 Å². The molecule has 2 unspecified atom stereocenters. The number of hydrogen-bond donors (Lipinski definition) is 3. The molecule has 0 spiro atoms. The highest BCUT2D eigenvalue weighted by molar-refractivity contribution is 5.95. The maximum Gasteiger partial charge on any atom is 0.416 e. The quantitative estimate of drug-likeness (QED) is 0.326. The van der Waals surface area contributed by atoms with Crippen molar-refractivity contribution in [1.29, 1.82) is 0 Å². The Morgan fingerprint density at radius 2 is 1.63 bits per heavy atom. The number of hydrogen-bond acceptors (Lipinski definition) is 3. The molecule has 1 saturated carbocycles. The van der Waals surface area contributed by atoms with Gasteiger partial charge in [-0.25, -0.2) is 4.79 Å². The van der Waals surface area contributed by atoms with Crippen molar-refractivity contribution in [2.24, 2.45) is 5.92 Å². The van der Waals surface area contributed by atoms with Gasteiger partial charge in [0, 0.05) is 60.8 Å². The molecule has 230 valence electrons. The van der Waals surface area contributed by atoms with Crippen LogP contribution in [0.1, 0.15) is 36.5 Å². The van der Waals surface area contributed by atoms with Gasteiger partial charge < -0.3 is 25.4 Å². The smallest absolute Gasteiger partial charge is 0.361 e. The molecule has 1 aromatic heterocycles. The number of benzene rings is 2. The maximum absolute atomic E-state index is 13.8. The number of nitrogens with zero attached hydrogens (tertiary/aromatic N) is 2. The van der Waals surface area contributed by atoms with E-state index in [1.54, 1.807) is 17.2 Å². The number of H-pyrrole nitrogens is 1. The highest BCUT2D eigenvalue weighted by atomic mass is 19.4. The van der Waals surface area contributed by atoms with E-state index in [1.165, 1.54) is 4.90 Å². The van der Waals surface area contributed by atoms with Crippen molar-refractivity contribution in [1.82, 2.24) is 20.1 Å². The van der Waals surface area contributed by atoms with Gasteiger partial charge in [0.15, 0.2) is 0 Å². The van der Waals surface area contributed by atoms with Crippen molar-refractivity contribution in [3.63, 3.8) is 0 Å². The van der Waals surface area contributed by atoms with Crippen molar-refractivity contribution in [3.05, 3.63) is 65.4 Å². The molecule has 2 aromatic carbocycles. The van der Waals surface area contributed by atoms with Crippen LogP contribution in [-0.4, -0.2) is 64.3 Å². The molecule has 0 bridgehead atoms. The van der Waals surface area contributed by atoms with Crippen LogP contribution in [0.25, 0.3) is 10.9 Å². The van der Waals surface area contributed by atoms with Gasteiger partial charge in [-0.15, -0.1) is 0 Å². The van der Waals surface area contributed by atoms with Crippen LogP contribution in [0.3, 0.4) is 0 Å². The van der Waals surface area contributed by atoms with Gasteiger partial charge in [-0.3, -0.25) is 9.59 Å². The number of carbonyl (C=O) groups excluding carboxylic acids is 3. The summed E-state index contributed by atoms with van der Waals surface area (Å²) in [4.78, 5) is 45.7. The summed E-state index contributed by atoms with van der Waals surface area (Å²) in [6.45, 7) is 2.53. The standard InChI is InChI=1S/C29H29F6N5O3/c1-16-15-39(8-9-40(16)25(41)17-6-7-17)26(42)24(10-18-14-36-23-5-3-2-4-22(18)23)38-27(43)37-21-12-19(28(30,31)32)11-20(13-21)29(33,34)35/h2-5,11-14,16-17,24,36H,6-10,15H2,1H3,(H2,37,38,43). The van der Waals surface area contributed by atoms with Gasteiger partial charge >= 0.3 is 18.4 Å². The molecular formula is C29H29F6N5O3. The largest absolute Gasteiger partial charge is 0.416 e. The van der Waals surface area contributed by atoms with Gasteiger partial charge in [0.2, 0.25) is 11.8 Å². The maximum atomic E-state index is 13.8. The van der Waals surface area contributed by atoms with Gasteiger partial charge in [-0.2, -0.15) is 26.3 Å². The molecule has 3 N–H and O–H groups in total. The van der Waals surface area contributed by atoms with E-state index in [2.05, 4.69) is 10.3 Å². The van der Waals surface area contributed by atoms with Crippen molar-refractivity contribution in [2.45, 2.75) is 50.6 Å². The normalized spacial score (nSPS) is 18.4. The van der Waals surface area contributed by atoms with Gasteiger partial charge in [-0.1, -0.05) is 18.2 Å². The Hall–Kier alpha value is -4.23. The third kappa shape index (κ3) is 6.89. The molecule has 2 fully saturated rings. The SMILES string of the molecule is CC1CN(C(=O)C(Cc2c[nH]c3ccccc23)NC(=O)Nc2cc(C(F)(F)F)cc(C(F)(F)F)c2)CCN1C(=O)C1CC1. The number of urea groups is 1. The average Bonchev–Trinajstić information content (AvgIpc) is 3.72. The number of piperazine rings is 1. The van der Waals surface area contributed by atoms with E-state index in [1.807, 2.05) is 30.4 Å². The Bertz CT molecular complexity index is 1500. The summed E-state index contributed by atoms with van der Waals surface area (Å²) in [6.07, 6.45) is -6.85. The second kappa shape index (κ2) is 11.5. The minimum Gasteiger partial charge on any atom is -0.361 e. The zero-order valence-corrected chi connectivity index (χ0v) is 23.0. The van der Waals surface area contributed by atoms with E-state index in [-0.39, 0.29) is 43.4 Å². The van der Waals surface area contributed by atoms with Crippen molar-refractivity contribution >= 4 is 34.4 Å². The van der Waals surface area contributed by atoms with Gasteiger partial charge in [0.1, 0.15) is 6.04 Å². The lowest BCUT2D eigenvalue weighted by molar-refractivity contribution is -0.144. The van der Waals surface area contributed by atoms with Gasteiger partial charge in [-0.05, 0) is 49.6 Å². The topological polar surface area (TPSA) is 97.5 Å². The van der Waals surface area contributed by atoms with Gasteiger partial charge in [0.05, 0.1) is 11.1 Å². The predicted octanol–water partition coefficient (Wildman–Crippen LogP) is 5.41. The van der Waals surface area contributed by atoms with Crippen molar-refractivity contribution in [3.8, 4) is 0 Å². The fraction of sp³-hybridized carbons (Fsp3) is 0.414. The Morgan fingerprint density at radius 1 is 0.977 bits per heavy atom. The number of nitrogens with one attached hydrogen (secondary N) is 3. The number of alkyl halides is 6. The molecule has 1 saturated heterocycles. The zero-order chi connectivity index (χ0) is 31.1. The van der Waals surface area contributed by atoms with Crippen LogP contribution in [0.5, 0.6) is 0 Å². The summed E-state index contributed by atoms with van der Waals surface area (Å²) in [5.41, 5.74) is -2.46. The van der Waals surface area contributed by atoms with Crippen LogP contribution < -0.4 is 10.6 Å². The van der Waals surface area contributed by atoms with Crippen LogP contribution in [0.15, 0.2) is 48.7 Å². The molecule has 3 aromatic rings. The monoisotopic (exact) mass is 609 g/mol. The number of carbonyl (C=O) groups is 3. The number of anilines is 1. The molecule has 0 radical (unpaired) electrons. The summed E-state index contributed by atoms with van der Waals surface area (Å²) in [6, 6.07) is 5.33. The lowest BCUT2D eigenvalue weighted by Crippen LogP contribution is -2.59. The molecule has 2 heterocycles. The van der Waals surface area contributed by atoms with Gasteiger partial charge in [0.25, 0.3) is 0 Å². The Balaban J connectivity index is 1.37. The minimum atomic E-state index is -5.10. The van der Waals surface area contributed by atoms with E-state index >= 15 is 0 Å². The number of amides is 4. The van der Waals surface area contributed by atoms with Crippen LogP contribution in [0, 0.1) is 5.92 Å². The summed E-state index contributed by atoms with van der Waals surface area (Å²) in [5, 5.41) is 5.28. The van der Waals surface area contributed by atoms with Crippen LogP contribution in [0.2, 0.25) is 0 Å². The number of aromatic amines is 1. The average molecular weight is 610 g/mol. The Morgan fingerprint density at radius 3 is 2.23 bits per heavy atom. The molecule has 2 aliphatic rings. The molecule has 8 nitrogen and oxygen atoms in total. The summed E-state index contributed by atoms with van der Waals surface area (Å²) in [5.74, 6) is -0.434. The molecule has 4 amide bonds. The number of rotatable bonds is 6. The van der Waals surface area contributed by atoms with Crippen molar-refractivity contribution in [2.75, 3.05) is 25.0 Å². The zero-order valence-electron chi connectivity index (χ0n) is 23.0. The first kappa shape index (κ1) is 30.2. The summed E-state index contributed by atoms with van der Waals surface area (Å²) >= 11 is 0. The lowest BCUT2D eigenvalue weighted by Gasteiger charge is -2.41. The van der Waals surface area contributed by atoms with Crippen LogP contribution in [-0.2, 0) is 28.4 Å². The number of halogens is 6. The predicted molar refractivity (Wildman–Crippen MR) is 145 cm³/mol. The second-order valence-electron chi connectivity index (χ2n) is 10.9. The molecule has 2 atom stereocenters. The molecule has 14 heteroatoms. The third-order valence-electron chi connectivity index (χ3n) is 7.70. The van der Waals surface area contributed by atoms with E-state index in [4.69, 9.17) is 0 Å². The molecule has 1 aliphatic heterocycles. The molecular weight excluding hydrogens is 580 g/mol. The lowest BCUT2D eigenvalue weighted by atomic mass is 10.0. The number of para-hydroxylation sites is 1. The summed E-state index contributed by atoms with van der Waals surface area (Å²) in [7, 11) is 0. The number of fused-ring (bicyclic) bond motifs is 1. The summed E-state index contributed by atoms with van der Waals surface area (Å²) < 4.78 is 79.9. The highest BCUT2D eigenvalue weighted by Crippen LogP contribution is 2.37. The minimum absolute atomic E-state index is 0.0116. The molecule has 43 heavy (non-hydrogen) atoms. The van der Waals surface area contributed by atoms with Crippen molar-refractivity contribution < 1.29 is 40.7 Å². The second-order valence-corrected chi connectivity index (χ2v) is 10.9. The van der Waals surface area contributed by atoms with E-state index in [0.717, 1.165) is 23.7 Å². The fourth-order valence-corrected chi connectivity index (χ4v) is 5.34. The van der Waals surface area contributed by atoms with E-state index in [0.29, 0.717) is 24.2 Å². The molecule has 1 aliphatic carbocycles. The third-order valence-corrected chi connectivity index (χ3v) is 7.70. The first-order chi connectivity index (χ1) is 20.2. The van der Waals surface area contributed by atoms with E-state index in [9.17, 15) is 40.7 Å². The van der Waals surface area contributed by atoms with Crippen LogP contribution in [0.4, 0.5) is 36.8 Å². The first-order valence-corrected chi connectivity index (χ1v) is 13.7. The highest BCUT2D eigenvalue weighted by Gasteiger charge is 2.40. The van der Waals surface area contributed by atoms with E-state index < -0.39 is 47.1 Å².